The van der Waals surface area contributed by atoms with Crippen molar-refractivity contribution in [2.24, 2.45) is 0 Å². The number of ketones is 1. The van der Waals surface area contributed by atoms with Gasteiger partial charge in [0.15, 0.2) is 11.9 Å². The van der Waals surface area contributed by atoms with Crippen molar-refractivity contribution in [3.63, 3.8) is 0 Å². The molecule has 1 N–H and O–H groups in total. The van der Waals surface area contributed by atoms with Gasteiger partial charge >= 0.3 is 19.8 Å². The largest absolute Gasteiger partial charge is 0.472 e. The third kappa shape index (κ3) is 40.2. The molecule has 0 aromatic carbocycles. The fraction of sp³-hybridized carbons (Fsp3) is 0.841. The number of esters is 2. The topological polar surface area (TPSA) is 125 Å². The van der Waals surface area contributed by atoms with Crippen molar-refractivity contribution in [1.29, 1.82) is 0 Å². The van der Waals surface area contributed by atoms with Crippen LogP contribution in [0.25, 0.3) is 0 Å². The van der Waals surface area contributed by atoms with E-state index in [1.54, 1.807) is 6.08 Å². The van der Waals surface area contributed by atoms with E-state index in [1.807, 2.05) is 33.3 Å². The molecule has 55 heavy (non-hydrogen) atoms. The zero-order valence-electron chi connectivity index (χ0n) is 35.9. The van der Waals surface area contributed by atoms with Crippen LogP contribution in [0.2, 0.25) is 0 Å². The molecule has 0 aliphatic rings. The standard InChI is InChI=1S/C44H82NO9P/c1-6-8-10-11-12-13-14-15-16-17-18-21-24-27-31-35-43(47)51-39-42(40-53-55(49,50)52-38-37-45(3,4)5)54-44(48)36-32-28-25-22-19-20-23-26-30-34-41(46)33-29-9-7-2/h23,26,30,34,42H,6-22,24-25,27-29,31-33,35-40H2,1-5H3/p+1/b26-23-,34-30+/t42-/m1/s1. The number of phosphoric ester groups is 1. The number of unbranched alkanes of at least 4 members (excludes halogenated alkanes) is 21. The van der Waals surface area contributed by atoms with Crippen molar-refractivity contribution in [2.75, 3.05) is 47.5 Å². The fourth-order valence-electron chi connectivity index (χ4n) is 5.94. The Bertz CT molecular complexity index is 1060. The van der Waals surface area contributed by atoms with Crippen LogP contribution >= 0.6 is 7.82 Å². The number of hydrogen-bond acceptors (Lipinski definition) is 8. The second kappa shape index (κ2) is 36.5. The van der Waals surface area contributed by atoms with E-state index >= 15 is 0 Å². The summed E-state index contributed by atoms with van der Waals surface area (Å²) in [7, 11) is 1.43. The highest BCUT2D eigenvalue weighted by atomic mass is 31.2. The normalized spacial score (nSPS) is 13.7. The molecule has 322 valence electrons. The molecule has 0 heterocycles. The average molecular weight is 801 g/mol. The molecule has 10 nitrogen and oxygen atoms in total. The molecule has 1 unspecified atom stereocenters. The first-order valence-corrected chi connectivity index (χ1v) is 23.5. The number of phosphoric acid groups is 1. The molecule has 0 saturated heterocycles. The smallest absolute Gasteiger partial charge is 0.462 e. The van der Waals surface area contributed by atoms with Crippen LogP contribution in [0, 0.1) is 0 Å². The van der Waals surface area contributed by atoms with Gasteiger partial charge in [0.1, 0.15) is 19.8 Å². The van der Waals surface area contributed by atoms with Crippen LogP contribution in [0.3, 0.4) is 0 Å². The predicted octanol–water partition coefficient (Wildman–Crippen LogP) is 11.5. The molecule has 0 bridgehead atoms. The molecule has 0 aliphatic heterocycles. The highest BCUT2D eigenvalue weighted by Gasteiger charge is 2.27. The minimum absolute atomic E-state index is 0.0174. The molecule has 11 heteroatoms. The number of allylic oxidation sites excluding steroid dienone is 4. The molecule has 0 aromatic heterocycles. The van der Waals surface area contributed by atoms with E-state index < -0.39 is 26.5 Å². The summed E-state index contributed by atoms with van der Waals surface area (Å²) in [4.78, 5) is 47.1. The number of likely N-dealkylation sites (N-methyl/N-ethyl adjacent to an activating group) is 1. The number of rotatable bonds is 40. The quantitative estimate of drug-likeness (QED) is 0.0161. The van der Waals surface area contributed by atoms with Gasteiger partial charge in [-0.05, 0) is 38.2 Å². The van der Waals surface area contributed by atoms with Crippen LogP contribution in [0.15, 0.2) is 24.3 Å². The van der Waals surface area contributed by atoms with E-state index in [4.69, 9.17) is 18.5 Å². The van der Waals surface area contributed by atoms with Gasteiger partial charge in [0.2, 0.25) is 0 Å². The van der Waals surface area contributed by atoms with Gasteiger partial charge in [0.05, 0.1) is 27.7 Å². The highest BCUT2D eigenvalue weighted by Crippen LogP contribution is 2.43. The summed E-state index contributed by atoms with van der Waals surface area (Å²) in [5, 5.41) is 0. The van der Waals surface area contributed by atoms with Crippen LogP contribution in [0.1, 0.15) is 187 Å². The summed E-state index contributed by atoms with van der Waals surface area (Å²) in [5.74, 6) is -0.677. The Balaban J connectivity index is 4.41. The lowest BCUT2D eigenvalue weighted by atomic mass is 10.0. The van der Waals surface area contributed by atoms with E-state index in [9.17, 15) is 23.8 Å². The number of carbonyl (C=O) groups is 3. The lowest BCUT2D eigenvalue weighted by Gasteiger charge is -2.24. The lowest BCUT2D eigenvalue weighted by molar-refractivity contribution is -0.870. The van der Waals surface area contributed by atoms with Crippen molar-refractivity contribution in [3.8, 4) is 0 Å². The van der Waals surface area contributed by atoms with Gasteiger partial charge in [-0.2, -0.15) is 0 Å². The summed E-state index contributed by atoms with van der Waals surface area (Å²) in [6, 6.07) is 0. The number of nitrogens with zero attached hydrogens (tertiary/aromatic N) is 1. The molecule has 0 aliphatic carbocycles. The van der Waals surface area contributed by atoms with Gasteiger partial charge in [0.25, 0.3) is 0 Å². The van der Waals surface area contributed by atoms with Crippen molar-refractivity contribution in [3.05, 3.63) is 24.3 Å². The van der Waals surface area contributed by atoms with Gasteiger partial charge < -0.3 is 18.9 Å². The van der Waals surface area contributed by atoms with Gasteiger partial charge in [-0.15, -0.1) is 0 Å². The SMILES string of the molecule is CCCCCCCCCCCCCCCCCC(=O)OC[C@H](COP(=O)(O)OCC[N+](C)(C)C)OC(=O)CCCCCCC/C=C\C=C\C(=O)CCCCC. The third-order valence-corrected chi connectivity index (χ3v) is 10.4. The minimum Gasteiger partial charge on any atom is -0.462 e. The van der Waals surface area contributed by atoms with Crippen LogP contribution in [0.5, 0.6) is 0 Å². The maximum atomic E-state index is 12.7. The first-order valence-electron chi connectivity index (χ1n) is 22.0. The van der Waals surface area contributed by atoms with Crippen LogP contribution in [0.4, 0.5) is 0 Å². The summed E-state index contributed by atoms with van der Waals surface area (Å²) in [6.07, 6.45) is 34.8. The number of hydrogen-bond donors (Lipinski definition) is 1. The molecule has 0 spiro atoms. The number of quaternary nitrogens is 1. The Kier molecular flexibility index (Phi) is 35.3. The van der Waals surface area contributed by atoms with Crippen molar-refractivity contribution >= 4 is 25.5 Å². The summed E-state index contributed by atoms with van der Waals surface area (Å²) in [5.41, 5.74) is 0. The second-order valence-electron chi connectivity index (χ2n) is 16.1. The van der Waals surface area contributed by atoms with Gasteiger partial charge in [-0.3, -0.25) is 23.4 Å². The molecule has 0 rings (SSSR count). The lowest BCUT2D eigenvalue weighted by Crippen LogP contribution is -2.37. The summed E-state index contributed by atoms with van der Waals surface area (Å²) < 4.78 is 34.2. The van der Waals surface area contributed by atoms with Gasteiger partial charge in [-0.25, -0.2) is 4.57 Å². The van der Waals surface area contributed by atoms with E-state index in [-0.39, 0.29) is 37.8 Å². The molecule has 0 fully saturated rings. The Morgan fingerprint density at radius 2 is 1.07 bits per heavy atom. The Hall–Kier alpha value is -1.84. The van der Waals surface area contributed by atoms with E-state index in [0.29, 0.717) is 23.9 Å². The van der Waals surface area contributed by atoms with Crippen molar-refractivity contribution in [2.45, 2.75) is 193 Å². The van der Waals surface area contributed by atoms with Gasteiger partial charge in [-0.1, -0.05) is 154 Å². The third-order valence-electron chi connectivity index (χ3n) is 9.46. The van der Waals surface area contributed by atoms with Crippen molar-refractivity contribution in [1.82, 2.24) is 0 Å². The summed E-state index contributed by atoms with van der Waals surface area (Å²) in [6.45, 7) is 4.22. The molecule has 2 atom stereocenters. The average Bonchev–Trinajstić information content (AvgIpc) is 3.12. The monoisotopic (exact) mass is 801 g/mol. The zero-order valence-corrected chi connectivity index (χ0v) is 36.8. The van der Waals surface area contributed by atoms with Gasteiger partial charge in [0, 0.05) is 19.3 Å². The van der Waals surface area contributed by atoms with Crippen LogP contribution in [-0.4, -0.2) is 80.7 Å². The van der Waals surface area contributed by atoms with Crippen molar-refractivity contribution < 1.29 is 46.8 Å². The second-order valence-corrected chi connectivity index (χ2v) is 17.6. The molecular formula is C44H83NO9P+. The predicted molar refractivity (Wildman–Crippen MR) is 225 cm³/mol. The number of ether oxygens (including phenoxy) is 2. The molecule has 0 saturated carbocycles. The molecular weight excluding hydrogens is 717 g/mol. The molecule has 0 aromatic rings. The highest BCUT2D eigenvalue weighted by molar-refractivity contribution is 7.47. The van der Waals surface area contributed by atoms with E-state index in [2.05, 4.69) is 19.9 Å². The van der Waals surface area contributed by atoms with Crippen LogP contribution < -0.4 is 0 Å². The maximum absolute atomic E-state index is 12.7. The first-order chi connectivity index (χ1) is 26.4. The fourth-order valence-corrected chi connectivity index (χ4v) is 6.68. The van der Waals surface area contributed by atoms with E-state index in [0.717, 1.165) is 70.6 Å². The first kappa shape index (κ1) is 53.2. The molecule has 0 amide bonds. The Labute approximate surface area is 336 Å². The van der Waals surface area contributed by atoms with Crippen LogP contribution in [-0.2, 0) is 37.5 Å². The summed E-state index contributed by atoms with van der Waals surface area (Å²) >= 11 is 0. The molecule has 0 radical (unpaired) electrons. The number of carbonyl (C=O) groups excluding carboxylic acids is 3. The Morgan fingerprint density at radius 3 is 1.62 bits per heavy atom. The Morgan fingerprint density at radius 1 is 0.600 bits per heavy atom. The maximum Gasteiger partial charge on any atom is 0.472 e. The van der Waals surface area contributed by atoms with E-state index in [1.165, 1.54) is 77.0 Å². The minimum atomic E-state index is -4.39. The zero-order chi connectivity index (χ0) is 40.9.